The number of hydrogen-bond donors (Lipinski definition) is 2. The summed E-state index contributed by atoms with van der Waals surface area (Å²) in [5, 5.41) is 33.5. The van der Waals surface area contributed by atoms with E-state index in [1.54, 1.807) is 0 Å². The van der Waals surface area contributed by atoms with E-state index < -0.39 is 0 Å². The topological polar surface area (TPSA) is 119 Å². The number of aromatic nitrogens is 7. The van der Waals surface area contributed by atoms with Crippen molar-refractivity contribution in [1.29, 1.82) is 0 Å². The zero-order chi connectivity index (χ0) is 22.8. The molecule has 3 aromatic heterocycles. The van der Waals surface area contributed by atoms with Gasteiger partial charge in [0, 0.05) is 22.9 Å². The quantitative estimate of drug-likeness (QED) is 0.317. The lowest BCUT2D eigenvalue weighted by atomic mass is 10.0. The first-order valence-corrected chi connectivity index (χ1v) is 11.5. The summed E-state index contributed by atoms with van der Waals surface area (Å²) >= 11 is 3.75. The lowest BCUT2D eigenvalue weighted by Crippen LogP contribution is -2.09. The minimum absolute atomic E-state index is 0.145. The Hall–Kier alpha value is -3.37. The molecule has 5 aromatic rings. The second kappa shape index (κ2) is 9.24. The number of aliphatic hydroxyl groups excluding tert-OH is 1. The number of nitrogens with one attached hydrogen (secondary N) is 1. The Labute approximate surface area is 198 Å². The number of aryl methyl sites for hydroxylation is 1. The number of rotatable bonds is 8. The maximum absolute atomic E-state index is 9.72. The predicted octanol–water partition coefficient (Wildman–Crippen LogP) is 4.52. The second-order valence-corrected chi connectivity index (χ2v) is 8.53. The fourth-order valence-corrected chi connectivity index (χ4v) is 4.52. The van der Waals surface area contributed by atoms with Gasteiger partial charge < -0.3 is 14.1 Å². The highest BCUT2D eigenvalue weighted by Gasteiger charge is 2.20. The van der Waals surface area contributed by atoms with Crippen LogP contribution in [-0.4, -0.2) is 40.5 Å². The number of benzene rings is 2. The number of fused-ring (bicyclic) bond motifs is 1. The highest BCUT2D eigenvalue weighted by atomic mass is 79.9. The number of nitrogens with zero attached hydrogens (tertiary/aromatic N) is 6. The van der Waals surface area contributed by atoms with Gasteiger partial charge in [-0.1, -0.05) is 43.7 Å². The van der Waals surface area contributed by atoms with Gasteiger partial charge in [0.1, 0.15) is 23.8 Å². The summed E-state index contributed by atoms with van der Waals surface area (Å²) in [5.74, 6) is 2.66. The van der Waals surface area contributed by atoms with Gasteiger partial charge in [-0.05, 0) is 45.3 Å². The fourth-order valence-electron chi connectivity index (χ4n) is 3.91. The van der Waals surface area contributed by atoms with E-state index in [4.69, 9.17) is 4.42 Å². The molecule has 0 unspecified atom stereocenters. The van der Waals surface area contributed by atoms with Gasteiger partial charge in [-0.2, -0.15) is 5.21 Å². The first-order chi connectivity index (χ1) is 16.2. The highest BCUT2D eigenvalue weighted by Crippen LogP contribution is 2.41. The summed E-state index contributed by atoms with van der Waals surface area (Å²) in [6.45, 7) is 2.57. The Kier molecular flexibility index (Phi) is 6.01. The number of aliphatic hydroxyl groups is 1. The van der Waals surface area contributed by atoms with Gasteiger partial charge in [-0.15, -0.1) is 20.4 Å². The van der Waals surface area contributed by atoms with E-state index in [0.29, 0.717) is 24.0 Å². The normalized spacial score (nSPS) is 11.5. The van der Waals surface area contributed by atoms with Crippen LogP contribution in [0.3, 0.4) is 0 Å². The fraction of sp³-hybridized carbons (Fsp3) is 0.261. The number of unbranched alkanes of at least 4 members (excludes halogenated alkanes) is 1. The van der Waals surface area contributed by atoms with E-state index in [-0.39, 0.29) is 6.61 Å². The molecule has 0 bridgehead atoms. The molecule has 10 heteroatoms. The lowest BCUT2D eigenvalue weighted by Gasteiger charge is -2.09. The van der Waals surface area contributed by atoms with Crippen molar-refractivity contribution >= 4 is 26.9 Å². The van der Waals surface area contributed by atoms with Crippen molar-refractivity contribution in [3.63, 3.8) is 0 Å². The number of furan rings is 1. The van der Waals surface area contributed by atoms with Gasteiger partial charge in [-0.25, -0.2) is 0 Å². The highest BCUT2D eigenvalue weighted by molar-refractivity contribution is 9.10. The average Bonchev–Trinajstić information content (AvgIpc) is 3.58. The number of H-pyrrole nitrogens is 1. The lowest BCUT2D eigenvalue weighted by molar-refractivity contribution is 0.265. The molecule has 33 heavy (non-hydrogen) atoms. The molecule has 0 saturated heterocycles. The molecule has 0 aliphatic rings. The van der Waals surface area contributed by atoms with E-state index in [2.05, 4.69) is 59.7 Å². The van der Waals surface area contributed by atoms with E-state index in [1.165, 1.54) is 0 Å². The molecule has 0 spiro atoms. The van der Waals surface area contributed by atoms with E-state index in [0.717, 1.165) is 57.2 Å². The van der Waals surface area contributed by atoms with Gasteiger partial charge in [0.05, 0.1) is 11.0 Å². The summed E-state index contributed by atoms with van der Waals surface area (Å²) in [7, 11) is 0. The minimum atomic E-state index is -0.145. The van der Waals surface area contributed by atoms with Crippen LogP contribution in [0.2, 0.25) is 0 Å². The summed E-state index contributed by atoms with van der Waals surface area (Å²) < 4.78 is 9.08. The van der Waals surface area contributed by atoms with Crippen LogP contribution < -0.4 is 0 Å². The van der Waals surface area contributed by atoms with Crippen molar-refractivity contribution in [1.82, 2.24) is 35.4 Å². The zero-order valence-corrected chi connectivity index (χ0v) is 19.6. The molecule has 0 aliphatic carbocycles. The zero-order valence-electron chi connectivity index (χ0n) is 18.0. The van der Waals surface area contributed by atoms with Crippen molar-refractivity contribution in [2.45, 2.75) is 39.3 Å². The van der Waals surface area contributed by atoms with E-state index in [9.17, 15) is 5.11 Å². The smallest absolute Gasteiger partial charge is 0.205 e. The van der Waals surface area contributed by atoms with Crippen LogP contribution in [0, 0.1) is 0 Å². The molecular formula is C23H22BrN7O2. The standard InChI is InChI=1S/C23H22BrN7O2/c1-2-3-8-19-25-26-20(13-32)31(19)12-14-9-10-18-17(11-14)21(24)22(33-18)15-6-4-5-7-16(15)23-27-29-30-28-23/h4-7,9-11,32H,2-3,8,12-13H2,1H3,(H,27,28,29,30). The first kappa shape index (κ1) is 21.5. The minimum Gasteiger partial charge on any atom is -0.455 e. The molecule has 168 valence electrons. The van der Waals surface area contributed by atoms with Crippen LogP contribution in [-0.2, 0) is 19.6 Å². The van der Waals surface area contributed by atoms with Crippen LogP contribution >= 0.6 is 15.9 Å². The maximum atomic E-state index is 9.72. The van der Waals surface area contributed by atoms with E-state index in [1.807, 2.05) is 41.0 Å². The summed E-state index contributed by atoms with van der Waals surface area (Å²) in [6, 6.07) is 13.9. The molecule has 5 rings (SSSR count). The van der Waals surface area contributed by atoms with Crippen molar-refractivity contribution in [2.75, 3.05) is 0 Å². The average molecular weight is 508 g/mol. The van der Waals surface area contributed by atoms with Crippen molar-refractivity contribution in [2.24, 2.45) is 0 Å². The third kappa shape index (κ3) is 4.07. The molecule has 0 atom stereocenters. The van der Waals surface area contributed by atoms with E-state index >= 15 is 0 Å². The summed E-state index contributed by atoms with van der Waals surface area (Å²) in [6.07, 6.45) is 2.93. The van der Waals surface area contributed by atoms with Crippen molar-refractivity contribution in [3.8, 4) is 22.7 Å². The maximum Gasteiger partial charge on any atom is 0.205 e. The molecule has 0 amide bonds. The molecule has 0 aliphatic heterocycles. The Morgan fingerprint density at radius 1 is 1.06 bits per heavy atom. The Morgan fingerprint density at radius 2 is 1.88 bits per heavy atom. The molecule has 0 fully saturated rings. The number of halogens is 1. The van der Waals surface area contributed by atoms with Crippen LogP contribution in [0.4, 0.5) is 0 Å². The monoisotopic (exact) mass is 507 g/mol. The van der Waals surface area contributed by atoms with Gasteiger partial charge >= 0.3 is 0 Å². The molecule has 0 radical (unpaired) electrons. The Balaban J connectivity index is 1.53. The largest absolute Gasteiger partial charge is 0.455 e. The molecule has 2 aromatic carbocycles. The van der Waals surface area contributed by atoms with Crippen molar-refractivity contribution in [3.05, 3.63) is 64.1 Å². The van der Waals surface area contributed by atoms with Crippen LogP contribution in [0.15, 0.2) is 51.4 Å². The molecule has 3 heterocycles. The summed E-state index contributed by atoms with van der Waals surface area (Å²) in [5.41, 5.74) is 3.52. The van der Waals surface area contributed by atoms with Crippen LogP contribution in [0.5, 0.6) is 0 Å². The number of tetrazole rings is 1. The third-order valence-electron chi connectivity index (χ3n) is 5.59. The third-order valence-corrected chi connectivity index (χ3v) is 6.38. The Bertz CT molecular complexity index is 1390. The van der Waals surface area contributed by atoms with Crippen molar-refractivity contribution < 1.29 is 9.52 Å². The van der Waals surface area contributed by atoms with Gasteiger partial charge in [0.2, 0.25) is 5.82 Å². The SMILES string of the molecule is CCCCc1nnc(CO)n1Cc1ccc2oc(-c3ccccc3-c3nn[nH]n3)c(Br)c2c1. The Morgan fingerprint density at radius 3 is 2.64 bits per heavy atom. The molecule has 0 saturated carbocycles. The number of aromatic amines is 1. The molecule has 9 nitrogen and oxygen atoms in total. The summed E-state index contributed by atoms with van der Waals surface area (Å²) in [4.78, 5) is 0. The van der Waals surface area contributed by atoms with Gasteiger partial charge in [0.15, 0.2) is 5.82 Å². The van der Waals surface area contributed by atoms with Gasteiger partial charge in [-0.3, -0.25) is 0 Å². The van der Waals surface area contributed by atoms with Crippen LogP contribution in [0.25, 0.3) is 33.7 Å². The second-order valence-electron chi connectivity index (χ2n) is 7.74. The number of hydrogen-bond acceptors (Lipinski definition) is 7. The van der Waals surface area contributed by atoms with Crippen LogP contribution in [0.1, 0.15) is 37.0 Å². The molecular weight excluding hydrogens is 486 g/mol. The first-order valence-electron chi connectivity index (χ1n) is 10.8. The van der Waals surface area contributed by atoms with Gasteiger partial charge in [0.25, 0.3) is 0 Å². The molecule has 2 N–H and O–H groups in total. The predicted molar refractivity (Wildman–Crippen MR) is 126 cm³/mol.